The zero-order valence-corrected chi connectivity index (χ0v) is 16.3. The lowest BCUT2D eigenvalue weighted by atomic mass is 10.2. The van der Waals surface area contributed by atoms with Crippen LogP contribution in [0.4, 0.5) is 5.69 Å². The molecule has 2 aromatic carbocycles. The number of carbonyl (C=O) groups is 1. The van der Waals surface area contributed by atoms with Gasteiger partial charge in [-0.1, -0.05) is 24.3 Å². The van der Waals surface area contributed by atoms with Crippen LogP contribution in [0.25, 0.3) is 6.08 Å². The topological polar surface area (TPSA) is 51.7 Å². The summed E-state index contributed by atoms with van der Waals surface area (Å²) in [6.07, 6.45) is 3.41. The molecule has 0 saturated carbocycles. The Morgan fingerprint density at radius 2 is 2.07 bits per heavy atom. The van der Waals surface area contributed by atoms with Crippen molar-refractivity contribution < 1.29 is 14.3 Å². The molecule has 4 rings (SSSR count). The second-order valence-corrected chi connectivity index (χ2v) is 7.42. The smallest absolute Gasteiger partial charge is 0.251 e. The van der Waals surface area contributed by atoms with Gasteiger partial charge in [-0.05, 0) is 42.8 Å². The summed E-state index contributed by atoms with van der Waals surface area (Å²) in [5, 5.41) is 3.04. The number of thiazole rings is 1. The molecule has 0 unspecified atom stereocenters. The van der Waals surface area contributed by atoms with Gasteiger partial charge in [-0.3, -0.25) is 4.79 Å². The van der Waals surface area contributed by atoms with E-state index in [0.717, 1.165) is 33.5 Å². The van der Waals surface area contributed by atoms with Gasteiger partial charge >= 0.3 is 0 Å². The standard InChI is InChI=1S/C22H20N2O3S/c1-16-23-18(15-28-16)14-27-19-9-6-17(7-10-19)8-11-22(25)24-12-13-26-21-5-3-2-4-20(21)24/h2-11,15H,12-14H2,1H3/b11-8+. The van der Waals surface area contributed by atoms with Crippen molar-refractivity contribution in [3.63, 3.8) is 0 Å². The zero-order valence-electron chi connectivity index (χ0n) is 15.5. The van der Waals surface area contributed by atoms with Gasteiger partial charge in [0.2, 0.25) is 0 Å². The van der Waals surface area contributed by atoms with Crippen molar-refractivity contribution in [2.45, 2.75) is 13.5 Å². The number of hydrogen-bond donors (Lipinski definition) is 0. The molecule has 3 aromatic rings. The second-order valence-electron chi connectivity index (χ2n) is 6.35. The summed E-state index contributed by atoms with van der Waals surface area (Å²) in [6.45, 7) is 3.48. The maximum Gasteiger partial charge on any atom is 0.251 e. The van der Waals surface area contributed by atoms with Gasteiger partial charge in [-0.2, -0.15) is 0 Å². The van der Waals surface area contributed by atoms with Crippen molar-refractivity contribution in [3.05, 3.63) is 76.3 Å². The number of fused-ring (bicyclic) bond motifs is 1. The molecule has 0 saturated heterocycles. The van der Waals surface area contributed by atoms with Crippen LogP contribution >= 0.6 is 11.3 Å². The van der Waals surface area contributed by atoms with Gasteiger partial charge in [0.1, 0.15) is 24.7 Å². The molecule has 0 fully saturated rings. The number of aromatic nitrogens is 1. The number of ether oxygens (including phenoxy) is 2. The summed E-state index contributed by atoms with van der Waals surface area (Å²) in [5.41, 5.74) is 2.68. The molecule has 0 bridgehead atoms. The first-order valence-corrected chi connectivity index (χ1v) is 9.92. The highest BCUT2D eigenvalue weighted by Gasteiger charge is 2.21. The number of hydrogen-bond acceptors (Lipinski definition) is 5. The van der Waals surface area contributed by atoms with E-state index in [0.29, 0.717) is 19.8 Å². The number of benzene rings is 2. The van der Waals surface area contributed by atoms with Crippen molar-refractivity contribution in [2.24, 2.45) is 0 Å². The minimum Gasteiger partial charge on any atom is -0.490 e. The Morgan fingerprint density at radius 3 is 2.86 bits per heavy atom. The molecule has 0 atom stereocenters. The normalized spacial score (nSPS) is 13.2. The molecule has 1 aromatic heterocycles. The van der Waals surface area contributed by atoms with Crippen LogP contribution in [-0.4, -0.2) is 24.0 Å². The third kappa shape index (κ3) is 4.23. The van der Waals surface area contributed by atoms with Crippen LogP contribution in [0, 0.1) is 6.92 Å². The maximum absolute atomic E-state index is 12.6. The summed E-state index contributed by atoms with van der Waals surface area (Å²) in [7, 11) is 0. The number of carbonyl (C=O) groups excluding carboxylic acids is 1. The molecule has 0 radical (unpaired) electrons. The highest BCUT2D eigenvalue weighted by molar-refractivity contribution is 7.09. The quantitative estimate of drug-likeness (QED) is 0.601. The van der Waals surface area contributed by atoms with Crippen molar-refractivity contribution in [2.75, 3.05) is 18.1 Å². The van der Waals surface area contributed by atoms with Gasteiger partial charge < -0.3 is 14.4 Å². The van der Waals surface area contributed by atoms with E-state index in [2.05, 4.69) is 4.98 Å². The molecule has 142 valence electrons. The van der Waals surface area contributed by atoms with E-state index in [9.17, 15) is 4.79 Å². The van der Waals surface area contributed by atoms with Crippen molar-refractivity contribution in [1.82, 2.24) is 4.98 Å². The molecule has 0 spiro atoms. The fourth-order valence-electron chi connectivity index (χ4n) is 2.96. The fraction of sp³-hybridized carbons (Fsp3) is 0.182. The monoisotopic (exact) mass is 392 g/mol. The number of aryl methyl sites for hydroxylation is 1. The predicted octanol–water partition coefficient (Wildman–Crippen LogP) is 4.47. The van der Waals surface area contributed by atoms with Gasteiger partial charge in [0.05, 0.1) is 22.9 Å². The molecule has 1 amide bonds. The first kappa shape index (κ1) is 18.3. The summed E-state index contributed by atoms with van der Waals surface area (Å²) in [5.74, 6) is 1.46. The lowest BCUT2D eigenvalue weighted by Crippen LogP contribution is -2.36. The number of rotatable bonds is 5. The van der Waals surface area contributed by atoms with Gasteiger partial charge in [0, 0.05) is 11.5 Å². The van der Waals surface area contributed by atoms with E-state index >= 15 is 0 Å². The van der Waals surface area contributed by atoms with E-state index in [1.165, 1.54) is 0 Å². The third-order valence-electron chi connectivity index (χ3n) is 4.35. The van der Waals surface area contributed by atoms with E-state index in [1.807, 2.05) is 66.9 Å². The van der Waals surface area contributed by atoms with E-state index in [1.54, 1.807) is 22.3 Å². The van der Waals surface area contributed by atoms with Crippen molar-refractivity contribution in [1.29, 1.82) is 0 Å². The summed E-state index contributed by atoms with van der Waals surface area (Å²) in [6, 6.07) is 15.2. The van der Waals surface area contributed by atoms with Crippen LogP contribution in [0.2, 0.25) is 0 Å². The zero-order chi connectivity index (χ0) is 19.3. The molecular weight excluding hydrogens is 372 g/mol. The van der Waals surface area contributed by atoms with Crippen LogP contribution in [0.5, 0.6) is 11.5 Å². The maximum atomic E-state index is 12.6. The van der Waals surface area contributed by atoms with Crippen molar-refractivity contribution in [3.8, 4) is 11.5 Å². The van der Waals surface area contributed by atoms with Gasteiger partial charge in [-0.15, -0.1) is 11.3 Å². The average molecular weight is 392 g/mol. The van der Waals surface area contributed by atoms with Crippen LogP contribution in [0.3, 0.4) is 0 Å². The molecule has 2 heterocycles. The highest BCUT2D eigenvalue weighted by Crippen LogP contribution is 2.31. The summed E-state index contributed by atoms with van der Waals surface area (Å²) < 4.78 is 11.4. The Morgan fingerprint density at radius 1 is 1.25 bits per heavy atom. The molecular formula is C22H20N2O3S. The Labute approximate surface area is 167 Å². The molecule has 0 aliphatic carbocycles. The van der Waals surface area contributed by atoms with E-state index in [-0.39, 0.29) is 5.91 Å². The second kappa shape index (κ2) is 8.27. The van der Waals surface area contributed by atoms with Gasteiger partial charge in [0.15, 0.2) is 0 Å². The Balaban J connectivity index is 1.37. The van der Waals surface area contributed by atoms with Crippen LogP contribution in [-0.2, 0) is 11.4 Å². The fourth-order valence-corrected chi connectivity index (χ4v) is 3.56. The first-order chi connectivity index (χ1) is 13.7. The number of para-hydroxylation sites is 2. The van der Waals surface area contributed by atoms with Crippen molar-refractivity contribution >= 4 is 29.0 Å². The van der Waals surface area contributed by atoms with Crippen LogP contribution in [0.15, 0.2) is 60.0 Å². The SMILES string of the molecule is Cc1nc(COc2ccc(/C=C/C(=O)N3CCOc4ccccc43)cc2)cs1. The predicted molar refractivity (Wildman–Crippen MR) is 111 cm³/mol. The summed E-state index contributed by atoms with van der Waals surface area (Å²) >= 11 is 1.61. The minimum absolute atomic E-state index is 0.0602. The lowest BCUT2D eigenvalue weighted by Gasteiger charge is -2.28. The van der Waals surface area contributed by atoms with Crippen LogP contribution in [0.1, 0.15) is 16.3 Å². The van der Waals surface area contributed by atoms with Gasteiger partial charge in [-0.25, -0.2) is 4.98 Å². The molecule has 5 nitrogen and oxygen atoms in total. The third-order valence-corrected chi connectivity index (χ3v) is 5.17. The Hall–Kier alpha value is -3.12. The Kier molecular flexibility index (Phi) is 5.39. The number of amides is 1. The average Bonchev–Trinajstić information content (AvgIpc) is 3.16. The van der Waals surface area contributed by atoms with E-state index in [4.69, 9.17) is 9.47 Å². The molecule has 1 aliphatic heterocycles. The number of nitrogens with zero attached hydrogens (tertiary/aromatic N) is 2. The largest absolute Gasteiger partial charge is 0.490 e. The molecule has 0 N–H and O–H groups in total. The lowest BCUT2D eigenvalue weighted by molar-refractivity contribution is -0.114. The van der Waals surface area contributed by atoms with Gasteiger partial charge in [0.25, 0.3) is 5.91 Å². The van der Waals surface area contributed by atoms with E-state index < -0.39 is 0 Å². The minimum atomic E-state index is -0.0602. The first-order valence-electron chi connectivity index (χ1n) is 9.04. The Bertz CT molecular complexity index is 995. The number of anilines is 1. The van der Waals surface area contributed by atoms with Crippen LogP contribution < -0.4 is 14.4 Å². The highest BCUT2D eigenvalue weighted by atomic mass is 32.1. The molecule has 6 heteroatoms. The summed E-state index contributed by atoms with van der Waals surface area (Å²) in [4.78, 5) is 18.7. The molecule has 28 heavy (non-hydrogen) atoms. The molecule has 1 aliphatic rings.